The van der Waals surface area contributed by atoms with E-state index < -0.39 is 12.0 Å². The van der Waals surface area contributed by atoms with E-state index in [0.717, 1.165) is 16.7 Å². The monoisotopic (exact) mass is 447 g/mol. The van der Waals surface area contributed by atoms with Crippen molar-refractivity contribution in [1.82, 2.24) is 15.3 Å². The van der Waals surface area contributed by atoms with Crippen LogP contribution < -0.4 is 16.4 Å². The number of carbonyl (C=O) groups is 2. The Morgan fingerprint density at radius 3 is 2.58 bits per heavy atom. The molecule has 0 aliphatic heterocycles. The second-order valence-electron chi connectivity index (χ2n) is 8.15. The summed E-state index contributed by atoms with van der Waals surface area (Å²) in [5.41, 5.74) is 10.2. The van der Waals surface area contributed by atoms with Gasteiger partial charge in [0, 0.05) is 17.3 Å². The first-order valence-corrected chi connectivity index (χ1v) is 10.8. The highest BCUT2D eigenvalue weighted by atomic mass is 16.3. The fourth-order valence-corrected chi connectivity index (χ4v) is 3.44. The molecule has 3 aromatic rings. The van der Waals surface area contributed by atoms with E-state index in [1.807, 2.05) is 39.8 Å². The molecule has 0 unspecified atom stereocenters. The number of nitrogens with one attached hydrogen (secondary N) is 2. The van der Waals surface area contributed by atoms with E-state index in [2.05, 4.69) is 20.6 Å². The van der Waals surface area contributed by atoms with Crippen molar-refractivity contribution in [3.8, 4) is 11.3 Å². The number of hydrogen-bond donors (Lipinski definition) is 4. The van der Waals surface area contributed by atoms with Crippen molar-refractivity contribution in [2.45, 2.75) is 46.3 Å². The summed E-state index contributed by atoms with van der Waals surface area (Å²) >= 11 is 0. The molecule has 8 heteroatoms. The molecule has 2 aromatic carbocycles. The molecule has 5 N–H and O–H groups in total. The third-order valence-electron chi connectivity index (χ3n) is 5.07. The van der Waals surface area contributed by atoms with Crippen LogP contribution >= 0.6 is 0 Å². The number of aryl methyl sites for hydroxylation is 2. The quantitative estimate of drug-likeness (QED) is 0.439. The smallest absolute Gasteiger partial charge is 0.273 e. The molecule has 0 aliphatic rings. The molecule has 0 saturated carbocycles. The second-order valence-corrected chi connectivity index (χ2v) is 8.15. The zero-order valence-corrected chi connectivity index (χ0v) is 19.2. The van der Waals surface area contributed by atoms with Crippen LogP contribution in [0.2, 0.25) is 0 Å². The largest absolute Gasteiger partial charge is 0.382 e. The molecule has 0 bridgehead atoms. The Balaban J connectivity index is 1.86. The summed E-state index contributed by atoms with van der Waals surface area (Å²) in [7, 11) is 0. The van der Waals surface area contributed by atoms with Crippen LogP contribution in [0.5, 0.6) is 0 Å². The van der Waals surface area contributed by atoms with Crippen molar-refractivity contribution < 1.29 is 14.7 Å². The molecule has 3 rings (SSSR count). The van der Waals surface area contributed by atoms with Crippen molar-refractivity contribution in [1.29, 1.82) is 0 Å². The van der Waals surface area contributed by atoms with Crippen LogP contribution in [0.15, 0.2) is 48.7 Å². The number of carbonyl (C=O) groups excluding carboxylic acids is 2. The fraction of sp³-hybridized carbons (Fsp3) is 0.280. The van der Waals surface area contributed by atoms with E-state index in [0.29, 0.717) is 23.4 Å². The van der Waals surface area contributed by atoms with Crippen LogP contribution in [0.25, 0.3) is 11.3 Å². The molecule has 0 radical (unpaired) electrons. The number of nitrogen functional groups attached to an aromatic ring is 1. The summed E-state index contributed by atoms with van der Waals surface area (Å²) in [4.78, 5) is 33.6. The summed E-state index contributed by atoms with van der Waals surface area (Å²) in [6.45, 7) is 7.58. The Kier molecular flexibility index (Phi) is 7.40. The SMILES string of the molecule is CCc1cc(NC(=O)[C@H](O)c2cccc(C)c2)ccc1-c1cnc(N)c(C(=O)NC(C)C)n1. The summed E-state index contributed by atoms with van der Waals surface area (Å²) in [6.07, 6.45) is 0.897. The summed E-state index contributed by atoms with van der Waals surface area (Å²) in [6, 6.07) is 12.5. The predicted molar refractivity (Wildman–Crippen MR) is 129 cm³/mol. The first-order chi connectivity index (χ1) is 15.7. The third kappa shape index (κ3) is 5.72. The van der Waals surface area contributed by atoms with Crippen LogP contribution in [-0.4, -0.2) is 32.9 Å². The lowest BCUT2D eigenvalue weighted by Gasteiger charge is -2.15. The molecule has 1 heterocycles. The highest BCUT2D eigenvalue weighted by Crippen LogP contribution is 2.27. The van der Waals surface area contributed by atoms with Gasteiger partial charge in [-0.25, -0.2) is 9.97 Å². The van der Waals surface area contributed by atoms with Gasteiger partial charge < -0.3 is 21.5 Å². The summed E-state index contributed by atoms with van der Waals surface area (Å²) in [5, 5.41) is 16.0. The number of aliphatic hydroxyl groups is 1. The number of aliphatic hydroxyl groups excluding tert-OH is 1. The Morgan fingerprint density at radius 2 is 1.91 bits per heavy atom. The molecule has 0 saturated heterocycles. The number of anilines is 2. The standard InChI is InChI=1S/C25H29N5O3/c1-5-16-12-18(29-25(33)22(31)17-8-6-7-15(4)11-17)9-10-19(16)20-13-27-23(26)21(30-20)24(32)28-14(2)3/h6-14,22,31H,5H2,1-4H3,(H2,26,27)(H,28,32)(H,29,33)/t22-/m1/s1. The van der Waals surface area contributed by atoms with Gasteiger partial charge in [0.2, 0.25) is 0 Å². The zero-order chi connectivity index (χ0) is 24.1. The number of nitrogens with zero attached hydrogens (tertiary/aromatic N) is 2. The third-order valence-corrected chi connectivity index (χ3v) is 5.07. The lowest BCUT2D eigenvalue weighted by molar-refractivity contribution is -0.124. The molecule has 0 aliphatic carbocycles. The number of benzene rings is 2. The molecule has 8 nitrogen and oxygen atoms in total. The zero-order valence-electron chi connectivity index (χ0n) is 19.2. The second kappa shape index (κ2) is 10.2. The van der Waals surface area contributed by atoms with Gasteiger partial charge in [-0.3, -0.25) is 9.59 Å². The van der Waals surface area contributed by atoms with Crippen LogP contribution in [0.4, 0.5) is 11.5 Å². The number of rotatable bonds is 7. The van der Waals surface area contributed by atoms with Gasteiger partial charge in [-0.05, 0) is 50.5 Å². The number of amides is 2. The Labute approximate surface area is 193 Å². The van der Waals surface area contributed by atoms with Crippen molar-refractivity contribution in [2.24, 2.45) is 0 Å². The van der Waals surface area contributed by atoms with E-state index in [9.17, 15) is 14.7 Å². The van der Waals surface area contributed by atoms with E-state index in [1.165, 1.54) is 6.20 Å². The van der Waals surface area contributed by atoms with Crippen molar-refractivity contribution in [3.05, 3.63) is 71.0 Å². The van der Waals surface area contributed by atoms with Crippen molar-refractivity contribution in [3.63, 3.8) is 0 Å². The fourth-order valence-electron chi connectivity index (χ4n) is 3.44. The van der Waals surface area contributed by atoms with Gasteiger partial charge in [-0.2, -0.15) is 0 Å². The maximum absolute atomic E-state index is 12.6. The normalized spacial score (nSPS) is 11.8. The van der Waals surface area contributed by atoms with Gasteiger partial charge in [0.15, 0.2) is 17.6 Å². The van der Waals surface area contributed by atoms with Crippen LogP contribution in [-0.2, 0) is 11.2 Å². The van der Waals surface area contributed by atoms with Crippen LogP contribution in [0, 0.1) is 6.92 Å². The minimum Gasteiger partial charge on any atom is -0.382 e. The van der Waals surface area contributed by atoms with Gasteiger partial charge in [0.1, 0.15) is 0 Å². The molecule has 0 spiro atoms. The minimum atomic E-state index is -1.28. The molecule has 1 atom stereocenters. The van der Waals surface area contributed by atoms with Crippen molar-refractivity contribution >= 4 is 23.3 Å². The van der Waals surface area contributed by atoms with E-state index in [-0.39, 0.29) is 23.5 Å². The van der Waals surface area contributed by atoms with Crippen LogP contribution in [0.1, 0.15) is 54.1 Å². The average Bonchev–Trinajstić information content (AvgIpc) is 2.78. The predicted octanol–water partition coefficient (Wildman–Crippen LogP) is 3.41. The molecular formula is C25H29N5O3. The van der Waals surface area contributed by atoms with E-state index >= 15 is 0 Å². The summed E-state index contributed by atoms with van der Waals surface area (Å²) in [5.74, 6) is -0.844. The highest BCUT2D eigenvalue weighted by molar-refractivity contribution is 5.97. The topological polar surface area (TPSA) is 130 Å². The lowest BCUT2D eigenvalue weighted by Crippen LogP contribution is -2.31. The van der Waals surface area contributed by atoms with E-state index in [4.69, 9.17) is 5.73 Å². The highest BCUT2D eigenvalue weighted by Gasteiger charge is 2.19. The molecule has 33 heavy (non-hydrogen) atoms. The minimum absolute atomic E-state index is 0.0592. The molecular weight excluding hydrogens is 418 g/mol. The number of hydrogen-bond acceptors (Lipinski definition) is 6. The molecule has 0 fully saturated rings. The van der Waals surface area contributed by atoms with Crippen molar-refractivity contribution in [2.75, 3.05) is 11.1 Å². The lowest BCUT2D eigenvalue weighted by atomic mass is 10.0. The van der Waals surface area contributed by atoms with Crippen LogP contribution in [0.3, 0.4) is 0 Å². The Bertz CT molecular complexity index is 1180. The van der Waals surface area contributed by atoms with Gasteiger partial charge in [-0.15, -0.1) is 0 Å². The first kappa shape index (κ1) is 23.9. The Morgan fingerprint density at radius 1 is 1.15 bits per heavy atom. The van der Waals surface area contributed by atoms with Gasteiger partial charge in [-0.1, -0.05) is 42.8 Å². The van der Waals surface area contributed by atoms with Gasteiger partial charge >= 0.3 is 0 Å². The maximum Gasteiger partial charge on any atom is 0.273 e. The molecule has 2 amide bonds. The average molecular weight is 448 g/mol. The maximum atomic E-state index is 12.6. The summed E-state index contributed by atoms with van der Waals surface area (Å²) < 4.78 is 0. The van der Waals surface area contributed by atoms with Gasteiger partial charge in [0.25, 0.3) is 11.8 Å². The van der Waals surface area contributed by atoms with Gasteiger partial charge in [0.05, 0.1) is 11.9 Å². The first-order valence-electron chi connectivity index (χ1n) is 10.8. The molecule has 172 valence electrons. The number of nitrogens with two attached hydrogens (primary N) is 1. The molecule has 1 aromatic heterocycles. The number of aromatic nitrogens is 2. The van der Waals surface area contributed by atoms with E-state index in [1.54, 1.807) is 30.3 Å². The Hall–Kier alpha value is -3.78.